The van der Waals surface area contributed by atoms with Crippen LogP contribution in [0.3, 0.4) is 0 Å². The summed E-state index contributed by atoms with van der Waals surface area (Å²) in [7, 11) is 0. The smallest absolute Gasteiger partial charge is 0.317 e. The highest BCUT2D eigenvalue weighted by molar-refractivity contribution is 5.75. The fourth-order valence-corrected chi connectivity index (χ4v) is 1.13. The van der Waals surface area contributed by atoms with E-state index in [0.717, 1.165) is 0 Å². The summed E-state index contributed by atoms with van der Waals surface area (Å²) in [6, 6.07) is 0.0789. The molecule has 0 spiro atoms. The van der Waals surface area contributed by atoms with E-state index in [1.54, 1.807) is 4.90 Å². The van der Waals surface area contributed by atoms with Gasteiger partial charge in [-0.15, -0.1) is 0 Å². The lowest BCUT2D eigenvalue weighted by Gasteiger charge is -2.33. The first-order chi connectivity index (χ1) is 5.11. The standard InChI is InChI=1S/C7H14N2O2/c1-5(2)9-4-6(10)3-8-7(9)11/h5-6,10H,3-4H2,1-2H3,(H,8,11). The molecular weight excluding hydrogens is 144 g/mol. The minimum Gasteiger partial charge on any atom is -0.389 e. The lowest BCUT2D eigenvalue weighted by Crippen LogP contribution is -2.55. The minimum atomic E-state index is -0.421. The monoisotopic (exact) mass is 158 g/mol. The maximum atomic E-state index is 11.1. The van der Waals surface area contributed by atoms with Gasteiger partial charge in [0.1, 0.15) is 0 Å². The van der Waals surface area contributed by atoms with E-state index in [-0.39, 0.29) is 12.1 Å². The Hall–Kier alpha value is -0.770. The normalized spacial score (nSPS) is 25.6. The molecule has 1 aliphatic rings. The number of aliphatic hydroxyl groups is 1. The molecule has 0 radical (unpaired) electrons. The van der Waals surface area contributed by atoms with Crippen LogP contribution >= 0.6 is 0 Å². The average Bonchev–Trinajstić information content (AvgIpc) is 1.94. The van der Waals surface area contributed by atoms with E-state index >= 15 is 0 Å². The molecule has 1 saturated heterocycles. The van der Waals surface area contributed by atoms with Crippen molar-refractivity contribution < 1.29 is 9.90 Å². The van der Waals surface area contributed by atoms with Gasteiger partial charge >= 0.3 is 6.03 Å². The van der Waals surface area contributed by atoms with Gasteiger partial charge in [-0.25, -0.2) is 4.79 Å². The Morgan fingerprint density at radius 2 is 2.36 bits per heavy atom. The lowest BCUT2D eigenvalue weighted by atomic mass is 10.2. The van der Waals surface area contributed by atoms with Crippen LogP contribution in [0.15, 0.2) is 0 Å². The molecular formula is C7H14N2O2. The van der Waals surface area contributed by atoms with Gasteiger partial charge in [-0.2, -0.15) is 0 Å². The molecule has 1 rings (SSSR count). The number of hydrogen-bond acceptors (Lipinski definition) is 2. The molecule has 1 unspecified atom stereocenters. The topological polar surface area (TPSA) is 52.6 Å². The highest BCUT2D eigenvalue weighted by Gasteiger charge is 2.24. The Bertz CT molecular complexity index is 159. The second-order valence-corrected chi connectivity index (χ2v) is 3.09. The summed E-state index contributed by atoms with van der Waals surface area (Å²) in [6.45, 7) is 4.68. The van der Waals surface area contributed by atoms with Crippen molar-refractivity contribution in [2.24, 2.45) is 0 Å². The molecule has 4 nitrogen and oxygen atoms in total. The van der Waals surface area contributed by atoms with Gasteiger partial charge in [0.25, 0.3) is 0 Å². The number of β-amino-alcohol motifs (C(OH)–C–C–N with tert-alkyl or cyclic N) is 1. The summed E-state index contributed by atoms with van der Waals surface area (Å²) in [5.41, 5.74) is 0. The van der Waals surface area contributed by atoms with E-state index in [1.165, 1.54) is 0 Å². The Balaban J connectivity index is 2.54. The van der Waals surface area contributed by atoms with E-state index in [0.29, 0.717) is 13.1 Å². The van der Waals surface area contributed by atoms with Gasteiger partial charge in [0, 0.05) is 12.6 Å². The molecule has 2 amide bonds. The fourth-order valence-electron chi connectivity index (χ4n) is 1.13. The largest absolute Gasteiger partial charge is 0.389 e. The van der Waals surface area contributed by atoms with Crippen molar-refractivity contribution in [2.45, 2.75) is 26.0 Å². The summed E-state index contributed by atoms with van der Waals surface area (Å²) >= 11 is 0. The SMILES string of the molecule is CC(C)N1CC(O)CNC1=O. The van der Waals surface area contributed by atoms with Crippen molar-refractivity contribution in [1.29, 1.82) is 0 Å². The van der Waals surface area contributed by atoms with Gasteiger partial charge in [0.15, 0.2) is 0 Å². The van der Waals surface area contributed by atoms with Crippen LogP contribution < -0.4 is 5.32 Å². The molecule has 64 valence electrons. The molecule has 0 aromatic carbocycles. The van der Waals surface area contributed by atoms with Gasteiger partial charge in [0.2, 0.25) is 0 Å². The minimum absolute atomic E-state index is 0.0784. The first-order valence-corrected chi connectivity index (χ1v) is 3.84. The first-order valence-electron chi connectivity index (χ1n) is 3.84. The van der Waals surface area contributed by atoms with Crippen LogP contribution in [0, 0.1) is 0 Å². The summed E-state index contributed by atoms with van der Waals surface area (Å²) < 4.78 is 0. The molecule has 0 bridgehead atoms. The van der Waals surface area contributed by atoms with Gasteiger partial charge < -0.3 is 15.3 Å². The molecule has 0 aromatic rings. The molecule has 11 heavy (non-hydrogen) atoms. The van der Waals surface area contributed by atoms with Crippen LogP contribution in [0.1, 0.15) is 13.8 Å². The van der Waals surface area contributed by atoms with Gasteiger partial charge in [0.05, 0.1) is 12.6 Å². The van der Waals surface area contributed by atoms with Crippen LogP contribution in [0.4, 0.5) is 4.79 Å². The number of rotatable bonds is 1. The number of nitrogens with zero attached hydrogens (tertiary/aromatic N) is 1. The Kier molecular flexibility index (Phi) is 2.34. The fraction of sp³-hybridized carbons (Fsp3) is 0.857. The zero-order valence-corrected chi connectivity index (χ0v) is 6.87. The number of urea groups is 1. The molecule has 1 heterocycles. The summed E-state index contributed by atoms with van der Waals surface area (Å²) in [4.78, 5) is 12.7. The maximum absolute atomic E-state index is 11.1. The van der Waals surface area contributed by atoms with Crippen molar-refractivity contribution in [1.82, 2.24) is 10.2 Å². The van der Waals surface area contributed by atoms with Crippen LogP contribution in [-0.2, 0) is 0 Å². The summed E-state index contributed by atoms with van der Waals surface area (Å²) in [5, 5.41) is 11.8. The number of amides is 2. The van der Waals surface area contributed by atoms with Crippen LogP contribution in [0.5, 0.6) is 0 Å². The number of nitrogens with one attached hydrogen (secondary N) is 1. The average molecular weight is 158 g/mol. The molecule has 2 N–H and O–H groups in total. The Morgan fingerprint density at radius 1 is 1.73 bits per heavy atom. The second kappa shape index (κ2) is 3.09. The highest BCUT2D eigenvalue weighted by Crippen LogP contribution is 2.04. The van der Waals surface area contributed by atoms with Gasteiger partial charge in [-0.1, -0.05) is 0 Å². The summed E-state index contributed by atoms with van der Waals surface area (Å²) in [6.07, 6.45) is -0.421. The molecule has 0 saturated carbocycles. The third kappa shape index (κ3) is 1.83. The molecule has 0 aliphatic carbocycles. The summed E-state index contributed by atoms with van der Waals surface area (Å²) in [5.74, 6) is 0. The molecule has 1 atom stereocenters. The second-order valence-electron chi connectivity index (χ2n) is 3.09. The van der Waals surface area contributed by atoms with Crippen molar-refractivity contribution in [2.75, 3.05) is 13.1 Å². The van der Waals surface area contributed by atoms with Crippen LogP contribution in [0.2, 0.25) is 0 Å². The van der Waals surface area contributed by atoms with Crippen molar-refractivity contribution >= 4 is 6.03 Å². The van der Waals surface area contributed by atoms with E-state index in [1.807, 2.05) is 13.8 Å². The van der Waals surface area contributed by atoms with E-state index < -0.39 is 6.10 Å². The third-order valence-corrected chi connectivity index (χ3v) is 1.78. The van der Waals surface area contributed by atoms with Crippen molar-refractivity contribution in [3.63, 3.8) is 0 Å². The van der Waals surface area contributed by atoms with Crippen molar-refractivity contribution in [3.05, 3.63) is 0 Å². The Labute approximate surface area is 66.2 Å². The quantitative estimate of drug-likeness (QED) is 0.554. The van der Waals surface area contributed by atoms with E-state index in [2.05, 4.69) is 5.32 Å². The van der Waals surface area contributed by atoms with Crippen LogP contribution in [0.25, 0.3) is 0 Å². The molecule has 0 aromatic heterocycles. The van der Waals surface area contributed by atoms with Crippen molar-refractivity contribution in [3.8, 4) is 0 Å². The molecule has 1 fully saturated rings. The Morgan fingerprint density at radius 3 is 2.82 bits per heavy atom. The zero-order chi connectivity index (χ0) is 8.43. The highest BCUT2D eigenvalue weighted by atomic mass is 16.3. The predicted octanol–water partition coefficient (Wildman–Crippen LogP) is -0.219. The number of aliphatic hydroxyl groups excluding tert-OH is 1. The van der Waals surface area contributed by atoms with E-state index in [4.69, 9.17) is 0 Å². The molecule has 1 aliphatic heterocycles. The van der Waals surface area contributed by atoms with Gasteiger partial charge in [-0.05, 0) is 13.8 Å². The predicted molar refractivity (Wildman–Crippen MR) is 41.2 cm³/mol. The lowest BCUT2D eigenvalue weighted by molar-refractivity contribution is 0.0841. The maximum Gasteiger partial charge on any atom is 0.317 e. The first kappa shape index (κ1) is 8.33. The van der Waals surface area contributed by atoms with Gasteiger partial charge in [-0.3, -0.25) is 0 Å². The van der Waals surface area contributed by atoms with E-state index in [9.17, 15) is 9.90 Å². The third-order valence-electron chi connectivity index (χ3n) is 1.78. The number of hydrogen-bond donors (Lipinski definition) is 2. The van der Waals surface area contributed by atoms with Crippen LogP contribution in [-0.4, -0.2) is 41.3 Å². The zero-order valence-electron chi connectivity index (χ0n) is 6.87. The number of carbonyl (C=O) groups is 1. The number of carbonyl (C=O) groups excluding carboxylic acids is 1. The molecule has 4 heteroatoms.